The highest BCUT2D eigenvalue weighted by Crippen LogP contribution is 2.35. The Labute approximate surface area is 125 Å². The third-order valence-corrected chi connectivity index (χ3v) is 4.24. The third-order valence-electron chi connectivity index (χ3n) is 4.24. The second kappa shape index (κ2) is 9.05. The van der Waals surface area contributed by atoms with Crippen LogP contribution in [0.2, 0.25) is 0 Å². The van der Waals surface area contributed by atoms with Gasteiger partial charge in [-0.1, -0.05) is 83.9 Å². The minimum Gasteiger partial charge on any atom is -0.496 e. The molecule has 0 N–H and O–H groups in total. The molecule has 0 aromatic heterocycles. The Balaban J connectivity index is 2.37. The third kappa shape index (κ3) is 5.56. The molecule has 0 aliphatic carbocycles. The van der Waals surface area contributed by atoms with Crippen molar-refractivity contribution in [1.82, 2.24) is 0 Å². The van der Waals surface area contributed by atoms with E-state index >= 15 is 0 Å². The van der Waals surface area contributed by atoms with E-state index in [9.17, 15) is 0 Å². The van der Waals surface area contributed by atoms with E-state index in [0.29, 0.717) is 0 Å². The van der Waals surface area contributed by atoms with Gasteiger partial charge >= 0.3 is 0 Å². The summed E-state index contributed by atoms with van der Waals surface area (Å²) in [4.78, 5) is 0. The monoisotopic (exact) mass is 276 g/mol. The fourth-order valence-corrected chi connectivity index (χ4v) is 2.86. The molecular formula is C19H32O. The van der Waals surface area contributed by atoms with Crippen LogP contribution in [0.25, 0.3) is 0 Å². The molecule has 0 heterocycles. The van der Waals surface area contributed by atoms with Crippen molar-refractivity contribution in [2.75, 3.05) is 7.11 Å². The number of rotatable bonds is 10. The smallest absolute Gasteiger partial charge is 0.122 e. The van der Waals surface area contributed by atoms with Crippen molar-refractivity contribution in [2.45, 2.75) is 77.6 Å². The summed E-state index contributed by atoms with van der Waals surface area (Å²) in [6.07, 6.45) is 10.9. The lowest BCUT2D eigenvalue weighted by Gasteiger charge is -2.27. The summed E-state index contributed by atoms with van der Waals surface area (Å²) < 4.78 is 5.50. The molecule has 0 saturated heterocycles. The van der Waals surface area contributed by atoms with Gasteiger partial charge in [-0.2, -0.15) is 0 Å². The van der Waals surface area contributed by atoms with Crippen LogP contribution in [0.3, 0.4) is 0 Å². The van der Waals surface area contributed by atoms with Gasteiger partial charge in [-0.25, -0.2) is 0 Å². The van der Waals surface area contributed by atoms with Gasteiger partial charge in [0.25, 0.3) is 0 Å². The molecule has 20 heavy (non-hydrogen) atoms. The van der Waals surface area contributed by atoms with Gasteiger partial charge in [0.1, 0.15) is 5.75 Å². The lowest BCUT2D eigenvalue weighted by atomic mass is 9.79. The summed E-state index contributed by atoms with van der Waals surface area (Å²) in [5, 5.41) is 0. The molecule has 1 nitrogen and oxygen atoms in total. The van der Waals surface area contributed by atoms with Crippen LogP contribution in [0.15, 0.2) is 24.3 Å². The largest absolute Gasteiger partial charge is 0.496 e. The van der Waals surface area contributed by atoms with E-state index in [-0.39, 0.29) is 5.41 Å². The summed E-state index contributed by atoms with van der Waals surface area (Å²) in [5.74, 6) is 1.03. The number of hydrogen-bond acceptors (Lipinski definition) is 1. The molecule has 1 rings (SSSR count). The van der Waals surface area contributed by atoms with Crippen LogP contribution >= 0.6 is 0 Å². The maximum Gasteiger partial charge on any atom is 0.122 e. The first-order chi connectivity index (χ1) is 9.61. The van der Waals surface area contributed by atoms with Crippen molar-refractivity contribution in [3.63, 3.8) is 0 Å². The van der Waals surface area contributed by atoms with Crippen LogP contribution in [0, 0.1) is 0 Å². The average Bonchev–Trinajstić information content (AvgIpc) is 2.46. The van der Waals surface area contributed by atoms with Crippen molar-refractivity contribution in [1.29, 1.82) is 0 Å². The highest BCUT2D eigenvalue weighted by atomic mass is 16.5. The summed E-state index contributed by atoms with van der Waals surface area (Å²) in [6, 6.07) is 8.44. The number of para-hydroxylation sites is 1. The van der Waals surface area contributed by atoms with Crippen LogP contribution in [-0.2, 0) is 5.41 Å². The minimum atomic E-state index is 0.204. The van der Waals surface area contributed by atoms with Gasteiger partial charge in [-0.15, -0.1) is 0 Å². The van der Waals surface area contributed by atoms with Crippen LogP contribution in [-0.4, -0.2) is 7.11 Å². The number of benzene rings is 1. The minimum absolute atomic E-state index is 0.204. The Morgan fingerprint density at radius 3 is 2.15 bits per heavy atom. The Hall–Kier alpha value is -0.980. The van der Waals surface area contributed by atoms with Gasteiger partial charge in [-0.05, 0) is 23.5 Å². The van der Waals surface area contributed by atoms with Crippen molar-refractivity contribution < 1.29 is 4.74 Å². The molecule has 1 aromatic carbocycles. The van der Waals surface area contributed by atoms with Crippen LogP contribution < -0.4 is 4.74 Å². The van der Waals surface area contributed by atoms with Crippen molar-refractivity contribution >= 4 is 0 Å². The Morgan fingerprint density at radius 2 is 1.50 bits per heavy atom. The Kier molecular flexibility index (Phi) is 7.72. The number of unbranched alkanes of at least 4 members (excludes halogenated alkanes) is 6. The second-order valence-electron chi connectivity index (χ2n) is 6.46. The number of methoxy groups -OCH3 is 1. The van der Waals surface area contributed by atoms with Gasteiger partial charge in [0, 0.05) is 0 Å². The number of hydrogen-bond donors (Lipinski definition) is 0. The molecular weight excluding hydrogens is 244 g/mol. The normalized spacial score (nSPS) is 11.6. The predicted molar refractivity (Wildman–Crippen MR) is 88.6 cm³/mol. The molecule has 0 amide bonds. The first kappa shape index (κ1) is 17.1. The topological polar surface area (TPSA) is 9.23 Å². The average molecular weight is 276 g/mol. The highest BCUT2D eigenvalue weighted by molar-refractivity contribution is 5.38. The van der Waals surface area contributed by atoms with Crippen molar-refractivity contribution in [3.05, 3.63) is 29.8 Å². The van der Waals surface area contributed by atoms with Gasteiger partial charge < -0.3 is 4.74 Å². The molecule has 0 unspecified atom stereocenters. The molecule has 0 bridgehead atoms. The van der Waals surface area contributed by atoms with Crippen LogP contribution in [0.4, 0.5) is 0 Å². The van der Waals surface area contributed by atoms with Gasteiger partial charge in [-0.3, -0.25) is 0 Å². The zero-order valence-electron chi connectivity index (χ0n) is 13.9. The second-order valence-corrected chi connectivity index (χ2v) is 6.46. The molecule has 0 aliphatic heterocycles. The predicted octanol–water partition coefficient (Wildman–Crippen LogP) is 6.11. The van der Waals surface area contributed by atoms with Gasteiger partial charge in [0.05, 0.1) is 7.11 Å². The lowest BCUT2D eigenvalue weighted by molar-refractivity contribution is 0.378. The van der Waals surface area contributed by atoms with E-state index in [1.807, 2.05) is 6.07 Å². The molecule has 0 spiro atoms. The van der Waals surface area contributed by atoms with E-state index in [4.69, 9.17) is 4.74 Å². The van der Waals surface area contributed by atoms with Crippen molar-refractivity contribution in [3.8, 4) is 5.75 Å². The molecule has 0 fully saturated rings. The molecule has 0 aliphatic rings. The van der Waals surface area contributed by atoms with E-state index in [1.54, 1.807) is 7.11 Å². The maximum atomic E-state index is 5.50. The van der Waals surface area contributed by atoms with Gasteiger partial charge in [0.15, 0.2) is 0 Å². The molecule has 114 valence electrons. The summed E-state index contributed by atoms with van der Waals surface area (Å²) in [7, 11) is 1.77. The zero-order valence-corrected chi connectivity index (χ0v) is 13.9. The Morgan fingerprint density at radius 1 is 0.900 bits per heavy atom. The van der Waals surface area contributed by atoms with E-state index in [2.05, 4.69) is 39.0 Å². The summed E-state index contributed by atoms with van der Waals surface area (Å²) in [5.41, 5.74) is 1.55. The summed E-state index contributed by atoms with van der Waals surface area (Å²) in [6.45, 7) is 6.94. The standard InChI is InChI=1S/C19H32O/c1-5-6-7-8-9-10-13-16-19(2,3)17-14-11-12-15-18(17)20-4/h11-12,14-15H,5-10,13,16H2,1-4H3. The van der Waals surface area contributed by atoms with Crippen LogP contribution in [0.1, 0.15) is 77.7 Å². The van der Waals surface area contributed by atoms with Crippen LogP contribution in [0.5, 0.6) is 5.75 Å². The molecule has 0 atom stereocenters. The van der Waals surface area contributed by atoms with Gasteiger partial charge in [0.2, 0.25) is 0 Å². The first-order valence-electron chi connectivity index (χ1n) is 8.25. The van der Waals surface area contributed by atoms with Crippen molar-refractivity contribution in [2.24, 2.45) is 0 Å². The van der Waals surface area contributed by atoms with E-state index in [1.165, 1.54) is 56.9 Å². The maximum absolute atomic E-state index is 5.50. The molecule has 0 saturated carbocycles. The highest BCUT2D eigenvalue weighted by Gasteiger charge is 2.23. The molecule has 0 radical (unpaired) electrons. The van der Waals surface area contributed by atoms with E-state index in [0.717, 1.165) is 5.75 Å². The molecule has 1 heteroatoms. The fraction of sp³-hybridized carbons (Fsp3) is 0.684. The summed E-state index contributed by atoms with van der Waals surface area (Å²) >= 11 is 0. The fourth-order valence-electron chi connectivity index (χ4n) is 2.86. The Bertz CT molecular complexity index is 368. The first-order valence-corrected chi connectivity index (χ1v) is 8.25. The molecule has 1 aromatic rings. The quantitative estimate of drug-likeness (QED) is 0.468. The zero-order chi connectivity index (χ0) is 14.8. The SMILES string of the molecule is CCCCCCCCCC(C)(C)c1ccccc1OC. The number of ether oxygens (including phenoxy) is 1. The lowest BCUT2D eigenvalue weighted by Crippen LogP contribution is -2.18. The van der Waals surface area contributed by atoms with E-state index < -0.39 is 0 Å².